The average Bonchev–Trinajstić information content (AvgIpc) is 3.34. The third kappa shape index (κ3) is 5.13. The topological polar surface area (TPSA) is 32.8 Å². The Labute approximate surface area is 207 Å². The SMILES string of the molecule is CC(=O)N1Cc2ccc(-c3cccc(OCCN4CCCC4)c3)cc2CCc2cc(Cl)ccc21. The molecule has 0 aromatic heterocycles. The van der Waals surface area contributed by atoms with Crippen molar-refractivity contribution < 1.29 is 9.53 Å². The summed E-state index contributed by atoms with van der Waals surface area (Å²) in [6.45, 7) is 6.28. The first-order valence-corrected chi connectivity index (χ1v) is 12.6. The molecule has 5 heteroatoms. The molecule has 0 atom stereocenters. The minimum Gasteiger partial charge on any atom is -0.492 e. The molecule has 0 saturated carbocycles. The van der Waals surface area contributed by atoms with Crippen LogP contribution in [0.4, 0.5) is 5.69 Å². The van der Waals surface area contributed by atoms with E-state index in [4.69, 9.17) is 16.3 Å². The van der Waals surface area contributed by atoms with Gasteiger partial charge in [0.05, 0.1) is 6.54 Å². The van der Waals surface area contributed by atoms with Crippen molar-refractivity contribution >= 4 is 23.2 Å². The predicted molar refractivity (Wildman–Crippen MR) is 139 cm³/mol. The van der Waals surface area contributed by atoms with Gasteiger partial charge in [0.15, 0.2) is 0 Å². The van der Waals surface area contributed by atoms with Gasteiger partial charge in [0, 0.05) is 24.2 Å². The summed E-state index contributed by atoms with van der Waals surface area (Å²) in [4.78, 5) is 16.8. The Balaban J connectivity index is 1.36. The lowest BCUT2D eigenvalue weighted by atomic mass is 9.92. The van der Waals surface area contributed by atoms with Crippen LogP contribution in [0.15, 0.2) is 60.7 Å². The molecule has 0 radical (unpaired) electrons. The molecule has 0 N–H and O–H groups in total. The van der Waals surface area contributed by atoms with Crippen LogP contribution in [0, 0.1) is 0 Å². The van der Waals surface area contributed by atoms with Crippen LogP contribution in [-0.2, 0) is 24.2 Å². The fourth-order valence-corrected chi connectivity index (χ4v) is 5.27. The van der Waals surface area contributed by atoms with E-state index >= 15 is 0 Å². The summed E-state index contributed by atoms with van der Waals surface area (Å²) >= 11 is 6.27. The Morgan fingerprint density at radius 1 is 0.912 bits per heavy atom. The normalized spacial score (nSPS) is 15.9. The standard InChI is InChI=1S/C29H31ClN2O2/c1-21(33)32-20-26-10-8-23(17-24(26)7-9-25-18-27(30)11-12-29(25)32)22-5-4-6-28(19-22)34-16-15-31-13-2-3-14-31/h4-6,8,10-12,17-19H,2-3,7,9,13-16,20H2,1H3. The molecule has 1 fully saturated rings. The lowest BCUT2D eigenvalue weighted by Crippen LogP contribution is -2.30. The summed E-state index contributed by atoms with van der Waals surface area (Å²) in [5, 5.41) is 0.707. The molecule has 0 bridgehead atoms. The third-order valence-electron chi connectivity index (χ3n) is 6.95. The lowest BCUT2D eigenvalue weighted by molar-refractivity contribution is -0.116. The number of hydrogen-bond acceptors (Lipinski definition) is 3. The Bertz CT molecular complexity index is 1190. The van der Waals surface area contributed by atoms with Crippen LogP contribution in [0.25, 0.3) is 11.1 Å². The largest absolute Gasteiger partial charge is 0.492 e. The molecule has 4 nitrogen and oxygen atoms in total. The number of benzene rings is 3. The van der Waals surface area contributed by atoms with E-state index in [1.165, 1.54) is 42.6 Å². The number of likely N-dealkylation sites (tertiary alicyclic amines) is 1. The van der Waals surface area contributed by atoms with Crippen molar-refractivity contribution in [2.24, 2.45) is 0 Å². The maximum absolute atomic E-state index is 12.5. The first-order chi connectivity index (χ1) is 16.6. The number of nitrogens with zero attached hydrogens (tertiary/aromatic N) is 2. The maximum atomic E-state index is 12.5. The Hall–Kier alpha value is -2.82. The van der Waals surface area contributed by atoms with E-state index in [-0.39, 0.29) is 5.91 Å². The Morgan fingerprint density at radius 2 is 1.71 bits per heavy atom. The molecule has 1 saturated heterocycles. The third-order valence-corrected chi connectivity index (χ3v) is 7.19. The van der Waals surface area contributed by atoms with Crippen LogP contribution in [0.5, 0.6) is 5.75 Å². The van der Waals surface area contributed by atoms with Crippen molar-refractivity contribution in [2.45, 2.75) is 39.2 Å². The summed E-state index contributed by atoms with van der Waals surface area (Å²) in [5.41, 5.74) is 6.87. The van der Waals surface area contributed by atoms with Crippen LogP contribution in [0.2, 0.25) is 5.02 Å². The molecule has 3 aromatic rings. The van der Waals surface area contributed by atoms with Crippen LogP contribution in [0.1, 0.15) is 36.5 Å². The van der Waals surface area contributed by atoms with Gasteiger partial charge in [0.2, 0.25) is 5.91 Å². The minimum atomic E-state index is 0.0410. The van der Waals surface area contributed by atoms with E-state index in [1.807, 2.05) is 29.2 Å². The highest BCUT2D eigenvalue weighted by atomic mass is 35.5. The predicted octanol–water partition coefficient (Wildman–Crippen LogP) is 6.13. The molecular formula is C29H31ClN2O2. The second-order valence-electron chi connectivity index (χ2n) is 9.29. The van der Waals surface area contributed by atoms with Gasteiger partial charge in [-0.15, -0.1) is 0 Å². The van der Waals surface area contributed by atoms with Gasteiger partial charge in [0.25, 0.3) is 0 Å². The summed E-state index contributed by atoms with van der Waals surface area (Å²) in [7, 11) is 0. The summed E-state index contributed by atoms with van der Waals surface area (Å²) in [5.74, 6) is 0.953. The average molecular weight is 475 g/mol. The summed E-state index contributed by atoms with van der Waals surface area (Å²) < 4.78 is 6.07. The summed E-state index contributed by atoms with van der Waals surface area (Å²) in [6.07, 6.45) is 4.36. The molecule has 34 heavy (non-hydrogen) atoms. The second-order valence-corrected chi connectivity index (χ2v) is 9.72. The molecule has 2 aliphatic heterocycles. The van der Waals surface area contributed by atoms with Gasteiger partial charge < -0.3 is 9.64 Å². The molecule has 2 aliphatic rings. The number of ether oxygens (including phenoxy) is 1. The van der Waals surface area contributed by atoms with Crippen LogP contribution >= 0.6 is 11.6 Å². The zero-order chi connectivity index (χ0) is 23.5. The minimum absolute atomic E-state index is 0.0410. The molecule has 1 amide bonds. The van der Waals surface area contributed by atoms with Gasteiger partial charge in [0.1, 0.15) is 12.4 Å². The van der Waals surface area contributed by atoms with Gasteiger partial charge in [-0.2, -0.15) is 0 Å². The zero-order valence-electron chi connectivity index (χ0n) is 19.7. The number of fused-ring (bicyclic) bond motifs is 2. The zero-order valence-corrected chi connectivity index (χ0v) is 20.5. The number of aryl methyl sites for hydroxylation is 2. The lowest BCUT2D eigenvalue weighted by Gasteiger charge is -2.28. The van der Waals surface area contributed by atoms with Crippen LogP contribution in [0.3, 0.4) is 0 Å². The van der Waals surface area contributed by atoms with E-state index < -0.39 is 0 Å². The highest BCUT2D eigenvalue weighted by Gasteiger charge is 2.21. The van der Waals surface area contributed by atoms with E-state index in [0.717, 1.165) is 48.6 Å². The van der Waals surface area contributed by atoms with Crippen molar-refractivity contribution in [1.29, 1.82) is 0 Å². The van der Waals surface area contributed by atoms with Crippen LogP contribution in [-0.4, -0.2) is 37.0 Å². The molecule has 0 spiro atoms. The summed E-state index contributed by atoms with van der Waals surface area (Å²) in [6, 6.07) is 20.8. The fourth-order valence-electron chi connectivity index (χ4n) is 5.08. The molecule has 3 aromatic carbocycles. The first kappa shape index (κ1) is 22.9. The molecular weight excluding hydrogens is 444 g/mol. The maximum Gasteiger partial charge on any atom is 0.224 e. The van der Waals surface area contributed by atoms with Gasteiger partial charge in [-0.05, 0) is 96.9 Å². The number of amides is 1. The van der Waals surface area contributed by atoms with E-state index in [9.17, 15) is 4.79 Å². The number of carbonyl (C=O) groups is 1. The van der Waals surface area contributed by atoms with Gasteiger partial charge >= 0.3 is 0 Å². The smallest absolute Gasteiger partial charge is 0.224 e. The number of carbonyl (C=O) groups excluding carboxylic acids is 1. The van der Waals surface area contributed by atoms with Gasteiger partial charge in [-0.3, -0.25) is 9.69 Å². The quantitative estimate of drug-likeness (QED) is 0.445. The van der Waals surface area contributed by atoms with Crippen molar-refractivity contribution in [1.82, 2.24) is 4.90 Å². The molecule has 5 rings (SSSR count). The second kappa shape index (κ2) is 10.2. The Kier molecular flexibility index (Phi) is 6.89. The van der Waals surface area contributed by atoms with Crippen molar-refractivity contribution in [3.05, 3.63) is 82.4 Å². The molecule has 0 aliphatic carbocycles. The Morgan fingerprint density at radius 3 is 2.53 bits per heavy atom. The van der Waals surface area contributed by atoms with Crippen molar-refractivity contribution in [3.8, 4) is 16.9 Å². The van der Waals surface area contributed by atoms with E-state index in [0.29, 0.717) is 11.6 Å². The van der Waals surface area contributed by atoms with Gasteiger partial charge in [-0.1, -0.05) is 41.9 Å². The highest BCUT2D eigenvalue weighted by Crippen LogP contribution is 2.33. The molecule has 0 unspecified atom stereocenters. The monoisotopic (exact) mass is 474 g/mol. The number of anilines is 1. The van der Waals surface area contributed by atoms with E-state index in [2.05, 4.69) is 41.3 Å². The fraction of sp³-hybridized carbons (Fsp3) is 0.345. The van der Waals surface area contributed by atoms with Gasteiger partial charge in [-0.25, -0.2) is 0 Å². The van der Waals surface area contributed by atoms with E-state index in [1.54, 1.807) is 6.92 Å². The van der Waals surface area contributed by atoms with Crippen LogP contribution < -0.4 is 9.64 Å². The molecule has 176 valence electrons. The number of hydrogen-bond donors (Lipinski definition) is 0. The molecule has 2 heterocycles. The van der Waals surface area contributed by atoms with Crippen molar-refractivity contribution in [2.75, 3.05) is 31.1 Å². The highest BCUT2D eigenvalue weighted by molar-refractivity contribution is 6.30. The number of rotatable bonds is 5. The van der Waals surface area contributed by atoms with Crippen molar-refractivity contribution in [3.63, 3.8) is 0 Å². The number of halogens is 1. The first-order valence-electron chi connectivity index (χ1n) is 12.2.